The highest BCUT2D eigenvalue weighted by atomic mass is 32.2. The minimum Gasteiger partial charge on any atom is -0.493 e. The Labute approximate surface area is 280 Å². The lowest BCUT2D eigenvalue weighted by molar-refractivity contribution is -0.116. The number of alkyl carbamates (subject to hydrolysis) is 1. The molecule has 12 nitrogen and oxygen atoms in total. The lowest BCUT2D eigenvalue weighted by Crippen LogP contribution is -2.37. The van der Waals surface area contributed by atoms with Crippen molar-refractivity contribution in [3.05, 3.63) is 89.0 Å². The Morgan fingerprint density at radius 1 is 0.896 bits per heavy atom. The molecule has 4 rings (SSSR count). The number of nitrogens with zero attached hydrogens (tertiary/aromatic N) is 1. The summed E-state index contributed by atoms with van der Waals surface area (Å²) in [5, 5.41) is 5.47. The van der Waals surface area contributed by atoms with Crippen molar-refractivity contribution in [2.45, 2.75) is 51.7 Å². The summed E-state index contributed by atoms with van der Waals surface area (Å²) in [4.78, 5) is 53.1. The lowest BCUT2D eigenvalue weighted by atomic mass is 10.1. The molecule has 1 aliphatic rings. The molecule has 0 aromatic heterocycles. The van der Waals surface area contributed by atoms with Gasteiger partial charge in [0.1, 0.15) is 16.4 Å². The number of sulfone groups is 1. The molecule has 3 aromatic rings. The van der Waals surface area contributed by atoms with Crippen LogP contribution in [0.15, 0.2) is 66.7 Å². The number of benzene rings is 3. The maximum atomic E-state index is 13.8. The fourth-order valence-corrected chi connectivity index (χ4v) is 6.32. The number of amides is 4. The average Bonchev–Trinajstić information content (AvgIpc) is 3.32. The SMILES string of the molecule is CCOc1cc([C@@H](CS(C)(=O)=O)N2C(=O)c3cccc(NC(=O)CCCCCCNC(=O)OCc4ccccc4)c3C2=O)ccc1OC. The molecule has 0 unspecified atom stereocenters. The lowest BCUT2D eigenvalue weighted by Gasteiger charge is -2.27. The minimum absolute atomic E-state index is 0.0121. The molecular weight excluding hydrogens is 638 g/mol. The zero-order chi connectivity index (χ0) is 34.7. The second kappa shape index (κ2) is 16.8. The zero-order valence-corrected chi connectivity index (χ0v) is 28.1. The summed E-state index contributed by atoms with van der Waals surface area (Å²) in [7, 11) is -2.19. The topological polar surface area (TPSA) is 157 Å². The van der Waals surface area contributed by atoms with E-state index in [-0.39, 0.29) is 35.7 Å². The van der Waals surface area contributed by atoms with E-state index in [4.69, 9.17) is 14.2 Å². The molecule has 0 radical (unpaired) electrons. The molecule has 0 saturated heterocycles. The van der Waals surface area contributed by atoms with Crippen LogP contribution in [0.25, 0.3) is 0 Å². The molecule has 13 heteroatoms. The molecule has 0 bridgehead atoms. The summed E-state index contributed by atoms with van der Waals surface area (Å²) in [5.74, 6) is -1.44. The molecule has 0 spiro atoms. The molecule has 0 saturated carbocycles. The van der Waals surface area contributed by atoms with E-state index < -0.39 is 39.5 Å². The molecular formula is C35H41N3O9S. The van der Waals surface area contributed by atoms with Gasteiger partial charge >= 0.3 is 6.09 Å². The standard InChI is InChI=1S/C35H41N3O9S/c1-4-46-30-21-25(18-19-29(30)45-2)28(23-48(3,43)44)38-33(40)26-15-12-16-27(32(26)34(38)41)37-31(39)17-10-5-6-11-20-36-35(42)47-22-24-13-8-7-9-14-24/h7-9,12-16,18-19,21,28H,4-6,10-11,17,20,22-23H2,1-3H3,(H,36,42)(H,37,39)/t28-/m1/s1. The van der Waals surface area contributed by atoms with Gasteiger partial charge in [0, 0.05) is 19.2 Å². The number of rotatable bonds is 17. The van der Waals surface area contributed by atoms with E-state index in [1.165, 1.54) is 13.2 Å². The Hall–Kier alpha value is -4.91. The van der Waals surface area contributed by atoms with Crippen LogP contribution in [0.2, 0.25) is 0 Å². The average molecular weight is 680 g/mol. The van der Waals surface area contributed by atoms with E-state index in [9.17, 15) is 27.6 Å². The van der Waals surface area contributed by atoms with Gasteiger partial charge in [0.25, 0.3) is 11.8 Å². The predicted octanol–water partition coefficient (Wildman–Crippen LogP) is 5.29. The maximum absolute atomic E-state index is 13.8. The Morgan fingerprint density at radius 2 is 1.65 bits per heavy atom. The van der Waals surface area contributed by atoms with E-state index in [1.54, 1.807) is 37.3 Å². The number of methoxy groups -OCH3 is 1. The van der Waals surface area contributed by atoms with Gasteiger partial charge < -0.3 is 24.8 Å². The Balaban J connectivity index is 1.33. The van der Waals surface area contributed by atoms with Gasteiger partial charge in [-0.25, -0.2) is 13.2 Å². The number of fused-ring (bicyclic) bond motifs is 1. The van der Waals surface area contributed by atoms with Gasteiger partial charge in [-0.1, -0.05) is 55.3 Å². The first-order chi connectivity index (χ1) is 23.0. The van der Waals surface area contributed by atoms with Gasteiger partial charge in [-0.15, -0.1) is 0 Å². The van der Waals surface area contributed by atoms with Crippen LogP contribution < -0.4 is 20.1 Å². The summed E-state index contributed by atoms with van der Waals surface area (Å²) >= 11 is 0. The monoisotopic (exact) mass is 679 g/mol. The van der Waals surface area contributed by atoms with Crippen LogP contribution in [0.5, 0.6) is 11.5 Å². The number of anilines is 1. The largest absolute Gasteiger partial charge is 0.493 e. The van der Waals surface area contributed by atoms with Gasteiger partial charge in [0.15, 0.2) is 11.5 Å². The van der Waals surface area contributed by atoms with Crippen LogP contribution >= 0.6 is 0 Å². The summed E-state index contributed by atoms with van der Waals surface area (Å²) in [5.41, 5.74) is 1.55. The van der Waals surface area contributed by atoms with Crippen LogP contribution in [-0.2, 0) is 26.0 Å². The van der Waals surface area contributed by atoms with E-state index in [1.807, 2.05) is 30.3 Å². The molecule has 48 heavy (non-hydrogen) atoms. The van der Waals surface area contributed by atoms with Gasteiger partial charge in [-0.3, -0.25) is 19.3 Å². The molecule has 0 fully saturated rings. The number of hydrogen-bond acceptors (Lipinski definition) is 9. The molecule has 2 N–H and O–H groups in total. The van der Waals surface area contributed by atoms with E-state index in [2.05, 4.69) is 10.6 Å². The Morgan fingerprint density at radius 3 is 2.35 bits per heavy atom. The predicted molar refractivity (Wildman–Crippen MR) is 180 cm³/mol. The summed E-state index contributed by atoms with van der Waals surface area (Å²) in [6, 6.07) is 17.6. The van der Waals surface area contributed by atoms with Crippen LogP contribution in [-0.4, -0.2) is 69.4 Å². The molecule has 4 amide bonds. The Bertz CT molecular complexity index is 1730. The van der Waals surface area contributed by atoms with Crippen molar-refractivity contribution in [1.82, 2.24) is 10.2 Å². The number of imide groups is 1. The first-order valence-corrected chi connectivity index (χ1v) is 17.8. The van der Waals surface area contributed by atoms with Crippen molar-refractivity contribution in [3.63, 3.8) is 0 Å². The van der Waals surface area contributed by atoms with E-state index in [0.717, 1.165) is 36.0 Å². The second-order valence-corrected chi connectivity index (χ2v) is 13.5. The van der Waals surface area contributed by atoms with Crippen LogP contribution in [0.4, 0.5) is 10.5 Å². The van der Waals surface area contributed by atoms with Gasteiger partial charge in [0.05, 0.1) is 42.3 Å². The zero-order valence-electron chi connectivity index (χ0n) is 27.3. The van der Waals surface area contributed by atoms with Gasteiger partial charge in [-0.05, 0) is 55.2 Å². The van der Waals surface area contributed by atoms with Crippen molar-refractivity contribution in [2.75, 3.05) is 37.6 Å². The first kappa shape index (κ1) is 35.9. The quantitative estimate of drug-likeness (QED) is 0.143. The van der Waals surface area contributed by atoms with Gasteiger partial charge in [-0.2, -0.15) is 0 Å². The number of ether oxygens (including phenoxy) is 3. The van der Waals surface area contributed by atoms with E-state index in [0.29, 0.717) is 36.6 Å². The number of carbonyl (C=O) groups is 4. The second-order valence-electron chi connectivity index (χ2n) is 11.4. The van der Waals surface area contributed by atoms with Crippen molar-refractivity contribution < 1.29 is 41.8 Å². The smallest absolute Gasteiger partial charge is 0.407 e. The molecule has 1 atom stereocenters. The molecule has 1 aliphatic heterocycles. The fourth-order valence-electron chi connectivity index (χ4n) is 5.41. The van der Waals surface area contributed by atoms with Gasteiger partial charge in [0.2, 0.25) is 5.91 Å². The van der Waals surface area contributed by atoms with Crippen molar-refractivity contribution in [3.8, 4) is 11.5 Å². The maximum Gasteiger partial charge on any atom is 0.407 e. The third-order valence-corrected chi connectivity index (χ3v) is 8.60. The van der Waals surface area contributed by atoms with Crippen molar-refractivity contribution in [2.24, 2.45) is 0 Å². The third kappa shape index (κ3) is 9.57. The summed E-state index contributed by atoms with van der Waals surface area (Å²) in [6.45, 7) is 2.75. The first-order valence-electron chi connectivity index (χ1n) is 15.8. The number of unbranched alkanes of at least 4 members (excludes halogenated alkanes) is 3. The van der Waals surface area contributed by atoms with Crippen LogP contribution in [0.1, 0.15) is 76.9 Å². The number of nitrogens with one attached hydrogen (secondary N) is 2. The van der Waals surface area contributed by atoms with Crippen molar-refractivity contribution in [1.29, 1.82) is 0 Å². The normalized spacial score (nSPS) is 13.1. The minimum atomic E-state index is -3.66. The number of hydrogen-bond donors (Lipinski definition) is 2. The molecule has 3 aromatic carbocycles. The molecule has 0 aliphatic carbocycles. The van der Waals surface area contributed by atoms with Crippen molar-refractivity contribution >= 4 is 39.3 Å². The molecule has 256 valence electrons. The summed E-state index contributed by atoms with van der Waals surface area (Å²) < 4.78 is 41.2. The van der Waals surface area contributed by atoms with E-state index >= 15 is 0 Å². The summed E-state index contributed by atoms with van der Waals surface area (Å²) in [6.07, 6.45) is 3.56. The fraction of sp³-hybridized carbons (Fsp3) is 0.371. The van der Waals surface area contributed by atoms with Crippen LogP contribution in [0.3, 0.4) is 0 Å². The highest BCUT2D eigenvalue weighted by molar-refractivity contribution is 7.90. The highest BCUT2D eigenvalue weighted by Crippen LogP contribution is 2.38. The highest BCUT2D eigenvalue weighted by Gasteiger charge is 2.43. The Kier molecular flexibility index (Phi) is 12.6. The number of carbonyl (C=O) groups excluding carboxylic acids is 4. The third-order valence-electron chi connectivity index (χ3n) is 7.68. The molecule has 1 heterocycles. The van der Waals surface area contributed by atoms with Crippen LogP contribution in [0, 0.1) is 0 Å².